The molecule has 1 aromatic rings. The Balaban J connectivity index is 2.37. The Morgan fingerprint density at radius 3 is 3.00 bits per heavy atom. The van der Waals surface area contributed by atoms with Crippen LogP contribution in [0.4, 0.5) is 0 Å². The fraction of sp³-hybridized carbons (Fsp3) is 0.545. The number of rotatable bonds is 3. The summed E-state index contributed by atoms with van der Waals surface area (Å²) in [6, 6.07) is 3.52. The maximum Gasteiger partial charge on any atom is 0.250 e. The molecule has 1 N–H and O–H groups in total. The molecule has 0 aromatic carbocycles. The van der Waals surface area contributed by atoms with Crippen molar-refractivity contribution in [2.45, 2.75) is 31.9 Å². The van der Waals surface area contributed by atoms with E-state index in [4.69, 9.17) is 0 Å². The molecule has 1 aromatic heterocycles. The van der Waals surface area contributed by atoms with Gasteiger partial charge in [0.1, 0.15) is 0 Å². The minimum atomic E-state index is -0.491. The first kappa shape index (κ1) is 10.9. The van der Waals surface area contributed by atoms with Crippen LogP contribution in [0.3, 0.4) is 0 Å². The fourth-order valence-corrected chi connectivity index (χ4v) is 2.30. The highest BCUT2D eigenvalue weighted by molar-refractivity contribution is 9.09. The predicted molar refractivity (Wildman–Crippen MR) is 62.5 cm³/mol. The van der Waals surface area contributed by atoms with Crippen LogP contribution in [0, 0.1) is 0 Å². The standard InChI is InChI=1S/C11H14BrNO2/c12-6-9(14)7-13-10-3-1-2-8(10)4-5-11(13)15/h4-5,9,14H,1-3,6-7H2. The number of halogens is 1. The van der Waals surface area contributed by atoms with Crippen LogP contribution in [0.1, 0.15) is 17.7 Å². The van der Waals surface area contributed by atoms with Crippen LogP contribution < -0.4 is 5.56 Å². The largest absolute Gasteiger partial charge is 0.390 e. The molecular formula is C11H14BrNO2. The van der Waals surface area contributed by atoms with E-state index in [2.05, 4.69) is 15.9 Å². The van der Waals surface area contributed by atoms with Gasteiger partial charge in [0.25, 0.3) is 5.56 Å². The highest BCUT2D eigenvalue weighted by atomic mass is 79.9. The van der Waals surface area contributed by atoms with Crippen LogP contribution in [-0.2, 0) is 19.4 Å². The van der Waals surface area contributed by atoms with Gasteiger partial charge in [-0.05, 0) is 24.8 Å². The molecule has 0 radical (unpaired) electrons. The molecule has 0 amide bonds. The topological polar surface area (TPSA) is 42.2 Å². The molecule has 0 bridgehead atoms. The first-order valence-electron chi connectivity index (χ1n) is 5.18. The third-order valence-electron chi connectivity index (χ3n) is 2.82. The van der Waals surface area contributed by atoms with E-state index in [0.29, 0.717) is 11.9 Å². The van der Waals surface area contributed by atoms with Gasteiger partial charge in [-0.25, -0.2) is 0 Å². The third-order valence-corrected chi connectivity index (χ3v) is 3.57. The highest BCUT2D eigenvalue weighted by Gasteiger charge is 2.17. The molecule has 3 nitrogen and oxygen atoms in total. The minimum absolute atomic E-state index is 0.00403. The number of alkyl halides is 1. The first-order chi connectivity index (χ1) is 7.22. The lowest BCUT2D eigenvalue weighted by atomic mass is 10.2. The van der Waals surface area contributed by atoms with Gasteiger partial charge >= 0.3 is 0 Å². The average Bonchev–Trinajstić information content (AvgIpc) is 2.70. The van der Waals surface area contributed by atoms with Crippen molar-refractivity contribution in [3.05, 3.63) is 33.7 Å². The van der Waals surface area contributed by atoms with Crippen molar-refractivity contribution in [1.82, 2.24) is 4.57 Å². The number of aryl methyl sites for hydroxylation is 1. The first-order valence-corrected chi connectivity index (χ1v) is 6.30. The molecule has 0 aliphatic heterocycles. The summed E-state index contributed by atoms with van der Waals surface area (Å²) in [5.41, 5.74) is 2.37. The summed E-state index contributed by atoms with van der Waals surface area (Å²) in [6.07, 6.45) is 2.64. The van der Waals surface area contributed by atoms with Crippen molar-refractivity contribution in [3.8, 4) is 0 Å². The molecule has 1 aliphatic carbocycles. The van der Waals surface area contributed by atoms with Gasteiger partial charge in [-0.2, -0.15) is 0 Å². The molecular weight excluding hydrogens is 258 g/mol. The summed E-state index contributed by atoms with van der Waals surface area (Å²) in [6.45, 7) is 0.396. The molecule has 15 heavy (non-hydrogen) atoms. The number of pyridine rings is 1. The van der Waals surface area contributed by atoms with Gasteiger partial charge in [-0.15, -0.1) is 0 Å². The Morgan fingerprint density at radius 2 is 2.27 bits per heavy atom. The van der Waals surface area contributed by atoms with Crippen LogP contribution >= 0.6 is 15.9 Å². The number of aliphatic hydroxyl groups excluding tert-OH is 1. The molecule has 0 spiro atoms. The minimum Gasteiger partial charge on any atom is -0.390 e. The number of hydrogen-bond donors (Lipinski definition) is 1. The molecule has 1 atom stereocenters. The van der Waals surface area contributed by atoms with E-state index in [1.165, 1.54) is 5.56 Å². The van der Waals surface area contributed by atoms with Crippen molar-refractivity contribution in [2.24, 2.45) is 0 Å². The molecule has 1 aliphatic rings. The third kappa shape index (κ3) is 2.16. The highest BCUT2D eigenvalue weighted by Crippen LogP contribution is 2.20. The lowest BCUT2D eigenvalue weighted by molar-refractivity contribution is 0.176. The van der Waals surface area contributed by atoms with Gasteiger partial charge < -0.3 is 9.67 Å². The van der Waals surface area contributed by atoms with E-state index >= 15 is 0 Å². The van der Waals surface area contributed by atoms with Crippen LogP contribution in [0.5, 0.6) is 0 Å². The molecule has 0 fully saturated rings. The number of hydrogen-bond acceptors (Lipinski definition) is 2. The number of aliphatic hydroxyl groups is 1. The maximum atomic E-state index is 11.7. The van der Waals surface area contributed by atoms with Crippen LogP contribution in [0.2, 0.25) is 0 Å². The number of nitrogens with zero attached hydrogens (tertiary/aromatic N) is 1. The summed E-state index contributed by atoms with van der Waals surface area (Å²) >= 11 is 3.21. The van der Waals surface area contributed by atoms with Gasteiger partial charge in [-0.3, -0.25) is 4.79 Å². The molecule has 1 heterocycles. The van der Waals surface area contributed by atoms with E-state index in [1.807, 2.05) is 6.07 Å². The zero-order chi connectivity index (χ0) is 10.8. The monoisotopic (exact) mass is 271 g/mol. The van der Waals surface area contributed by atoms with Gasteiger partial charge in [0, 0.05) is 17.1 Å². The Kier molecular flexibility index (Phi) is 3.26. The Labute approximate surface area is 96.9 Å². The van der Waals surface area contributed by atoms with E-state index in [-0.39, 0.29) is 5.56 Å². The second kappa shape index (κ2) is 4.49. The normalized spacial score (nSPS) is 16.4. The van der Waals surface area contributed by atoms with E-state index < -0.39 is 6.10 Å². The van der Waals surface area contributed by atoms with Crippen LogP contribution in [0.15, 0.2) is 16.9 Å². The average molecular weight is 272 g/mol. The zero-order valence-electron chi connectivity index (χ0n) is 8.45. The van der Waals surface area contributed by atoms with E-state index in [0.717, 1.165) is 25.0 Å². The zero-order valence-corrected chi connectivity index (χ0v) is 10.0. The van der Waals surface area contributed by atoms with Crippen molar-refractivity contribution < 1.29 is 5.11 Å². The van der Waals surface area contributed by atoms with Gasteiger partial charge in [0.2, 0.25) is 0 Å². The summed E-state index contributed by atoms with van der Waals surface area (Å²) < 4.78 is 1.72. The summed E-state index contributed by atoms with van der Waals surface area (Å²) in [4.78, 5) is 11.7. The summed E-state index contributed by atoms with van der Waals surface area (Å²) in [5, 5.41) is 10.1. The molecule has 4 heteroatoms. The lowest BCUT2D eigenvalue weighted by Crippen LogP contribution is -2.29. The Morgan fingerprint density at radius 1 is 1.47 bits per heavy atom. The van der Waals surface area contributed by atoms with Gasteiger partial charge in [0.05, 0.1) is 12.6 Å². The summed E-state index contributed by atoms with van der Waals surface area (Å²) in [7, 11) is 0. The quantitative estimate of drug-likeness (QED) is 0.837. The lowest BCUT2D eigenvalue weighted by Gasteiger charge is -2.14. The second-order valence-corrected chi connectivity index (χ2v) is 4.56. The second-order valence-electron chi connectivity index (χ2n) is 3.92. The van der Waals surface area contributed by atoms with Gasteiger partial charge in [0.15, 0.2) is 0 Å². The van der Waals surface area contributed by atoms with Crippen LogP contribution in [-0.4, -0.2) is 21.1 Å². The molecule has 0 saturated heterocycles. The SMILES string of the molecule is O=c1ccc2c(n1CC(O)CBr)CCC2. The van der Waals surface area contributed by atoms with E-state index in [1.54, 1.807) is 10.6 Å². The smallest absolute Gasteiger partial charge is 0.250 e. The molecule has 2 rings (SSSR count). The Bertz CT molecular complexity index is 414. The predicted octanol–water partition coefficient (Wildman–Crippen LogP) is 1.09. The number of fused-ring (bicyclic) bond motifs is 1. The summed E-state index contributed by atoms with van der Waals surface area (Å²) in [5.74, 6) is 0. The maximum absolute atomic E-state index is 11.7. The van der Waals surface area contributed by atoms with Crippen LogP contribution in [0.25, 0.3) is 0 Å². The molecule has 1 unspecified atom stereocenters. The number of aromatic nitrogens is 1. The van der Waals surface area contributed by atoms with E-state index in [9.17, 15) is 9.90 Å². The molecule has 0 saturated carbocycles. The van der Waals surface area contributed by atoms with Crippen molar-refractivity contribution in [1.29, 1.82) is 0 Å². The fourth-order valence-electron chi connectivity index (χ4n) is 2.09. The van der Waals surface area contributed by atoms with Crippen molar-refractivity contribution >= 4 is 15.9 Å². The molecule has 82 valence electrons. The van der Waals surface area contributed by atoms with Gasteiger partial charge in [-0.1, -0.05) is 22.0 Å². The Hall–Kier alpha value is -0.610. The van der Waals surface area contributed by atoms with Crippen molar-refractivity contribution in [3.63, 3.8) is 0 Å². The van der Waals surface area contributed by atoms with Crippen molar-refractivity contribution in [2.75, 3.05) is 5.33 Å².